The largest absolute Gasteiger partial charge is 0.497 e. The molecule has 0 bridgehead atoms. The minimum Gasteiger partial charge on any atom is -0.497 e. The molecule has 3 aromatic rings. The highest BCUT2D eigenvalue weighted by atomic mass is 16.5. The molecule has 156 valence electrons. The van der Waals surface area contributed by atoms with Crippen molar-refractivity contribution in [1.82, 2.24) is 19.9 Å². The maximum absolute atomic E-state index is 13.0. The molecular formula is C23H26N4O3. The fourth-order valence-electron chi connectivity index (χ4n) is 3.77. The van der Waals surface area contributed by atoms with Crippen LogP contribution in [0.2, 0.25) is 0 Å². The number of benzene rings is 2. The quantitative estimate of drug-likeness (QED) is 0.626. The average molecular weight is 406 g/mol. The molecule has 30 heavy (non-hydrogen) atoms. The van der Waals surface area contributed by atoms with Gasteiger partial charge in [0.15, 0.2) is 0 Å². The maximum atomic E-state index is 13.0. The number of rotatable bonds is 6. The van der Waals surface area contributed by atoms with E-state index < -0.39 is 0 Å². The van der Waals surface area contributed by atoms with Crippen molar-refractivity contribution in [3.63, 3.8) is 0 Å². The Morgan fingerprint density at radius 2 is 2.00 bits per heavy atom. The molecule has 1 aliphatic rings. The van der Waals surface area contributed by atoms with Crippen LogP contribution in [0.3, 0.4) is 0 Å². The van der Waals surface area contributed by atoms with Gasteiger partial charge in [-0.25, -0.2) is 0 Å². The number of aryl methyl sites for hydroxylation is 1. The van der Waals surface area contributed by atoms with Gasteiger partial charge < -0.3 is 19.1 Å². The van der Waals surface area contributed by atoms with E-state index in [4.69, 9.17) is 9.26 Å². The molecule has 4 rings (SSSR count). The average Bonchev–Trinajstić information content (AvgIpc) is 3.27. The second kappa shape index (κ2) is 9.09. The lowest BCUT2D eigenvalue weighted by molar-refractivity contribution is -0.136. The number of aromatic nitrogens is 2. The molecule has 2 heterocycles. The van der Waals surface area contributed by atoms with Crippen LogP contribution in [0.1, 0.15) is 23.9 Å². The highest BCUT2D eigenvalue weighted by Crippen LogP contribution is 2.26. The third-order valence-electron chi connectivity index (χ3n) is 5.44. The molecule has 0 saturated carbocycles. The van der Waals surface area contributed by atoms with Crippen molar-refractivity contribution in [3.05, 3.63) is 66.1 Å². The first-order valence-electron chi connectivity index (χ1n) is 10.1. The number of hydrogen-bond acceptors (Lipinski definition) is 6. The highest BCUT2D eigenvalue weighted by Gasteiger charge is 2.30. The van der Waals surface area contributed by atoms with E-state index in [0.29, 0.717) is 31.1 Å². The van der Waals surface area contributed by atoms with E-state index in [0.717, 1.165) is 30.0 Å². The number of likely N-dealkylation sites (N-methyl/N-ethyl adjacent to an activating group) is 1. The summed E-state index contributed by atoms with van der Waals surface area (Å²) in [4.78, 5) is 21.7. The first-order valence-corrected chi connectivity index (χ1v) is 10.1. The van der Waals surface area contributed by atoms with E-state index in [1.165, 1.54) is 0 Å². The van der Waals surface area contributed by atoms with Gasteiger partial charge in [-0.05, 0) is 24.7 Å². The van der Waals surface area contributed by atoms with Gasteiger partial charge >= 0.3 is 0 Å². The predicted molar refractivity (Wildman–Crippen MR) is 113 cm³/mol. The Morgan fingerprint density at radius 3 is 2.80 bits per heavy atom. The van der Waals surface area contributed by atoms with Gasteiger partial charge in [-0.3, -0.25) is 4.79 Å². The van der Waals surface area contributed by atoms with E-state index in [-0.39, 0.29) is 11.9 Å². The van der Waals surface area contributed by atoms with Crippen LogP contribution in [0.5, 0.6) is 5.75 Å². The van der Waals surface area contributed by atoms with Crippen LogP contribution in [0.4, 0.5) is 0 Å². The lowest BCUT2D eigenvalue weighted by Crippen LogP contribution is -2.49. The topological polar surface area (TPSA) is 71.7 Å². The molecule has 0 spiro atoms. The van der Waals surface area contributed by atoms with Crippen molar-refractivity contribution in [2.24, 2.45) is 0 Å². The van der Waals surface area contributed by atoms with Crippen molar-refractivity contribution >= 4 is 5.91 Å². The fourth-order valence-corrected chi connectivity index (χ4v) is 3.77. The minimum atomic E-state index is 0.0625. The summed E-state index contributed by atoms with van der Waals surface area (Å²) in [5.74, 6) is 1.80. The molecular weight excluding hydrogens is 380 g/mol. The smallest absolute Gasteiger partial charge is 0.227 e. The van der Waals surface area contributed by atoms with Crippen LogP contribution in [-0.4, -0.2) is 59.6 Å². The number of hydrogen-bond donors (Lipinski definition) is 0. The fraction of sp³-hybridized carbons (Fsp3) is 0.348. The molecule has 1 saturated heterocycles. The molecule has 7 nitrogen and oxygen atoms in total. The van der Waals surface area contributed by atoms with E-state index in [1.54, 1.807) is 7.11 Å². The summed E-state index contributed by atoms with van der Waals surface area (Å²) in [7, 11) is 3.71. The number of carbonyl (C=O) groups excluding carboxylic acids is 1. The molecule has 0 aliphatic carbocycles. The van der Waals surface area contributed by atoms with Crippen LogP contribution in [0.15, 0.2) is 59.1 Å². The molecule has 0 radical (unpaired) electrons. The van der Waals surface area contributed by atoms with Gasteiger partial charge in [-0.15, -0.1) is 0 Å². The third-order valence-corrected chi connectivity index (χ3v) is 5.44. The number of amides is 1. The van der Waals surface area contributed by atoms with Crippen LogP contribution in [0, 0.1) is 0 Å². The van der Waals surface area contributed by atoms with Crippen LogP contribution >= 0.6 is 0 Å². The summed E-state index contributed by atoms with van der Waals surface area (Å²) in [6.45, 7) is 2.42. The Bertz CT molecular complexity index is 989. The van der Waals surface area contributed by atoms with Crippen molar-refractivity contribution < 1.29 is 14.1 Å². The summed E-state index contributed by atoms with van der Waals surface area (Å²) in [6, 6.07) is 17.8. The Morgan fingerprint density at radius 1 is 1.17 bits per heavy atom. The van der Waals surface area contributed by atoms with Crippen LogP contribution in [-0.2, 0) is 11.2 Å². The van der Waals surface area contributed by atoms with Gasteiger partial charge in [0.05, 0.1) is 13.2 Å². The summed E-state index contributed by atoms with van der Waals surface area (Å²) < 4.78 is 10.6. The molecule has 1 aliphatic heterocycles. The Hall–Kier alpha value is -3.19. The molecule has 1 amide bonds. The second-order valence-electron chi connectivity index (χ2n) is 7.52. The molecule has 1 fully saturated rings. The Balaban J connectivity index is 1.42. The zero-order valence-corrected chi connectivity index (χ0v) is 17.3. The van der Waals surface area contributed by atoms with Crippen molar-refractivity contribution in [1.29, 1.82) is 0 Å². The standard InChI is InChI=1S/C23H26N4O3/c1-26-13-14-27(20(16-26)17-7-4-3-5-8-17)22(28)12-11-21-24-23(25-30-21)18-9-6-10-19(15-18)29-2/h3-10,15,20H,11-14,16H2,1-2H3/t20-/m0/s1. The summed E-state index contributed by atoms with van der Waals surface area (Å²) >= 11 is 0. The Kier molecular flexibility index (Phi) is 6.09. The molecule has 7 heteroatoms. The Labute approximate surface area is 176 Å². The second-order valence-corrected chi connectivity index (χ2v) is 7.52. The molecule has 0 N–H and O–H groups in total. The van der Waals surface area contributed by atoms with E-state index in [9.17, 15) is 4.79 Å². The highest BCUT2D eigenvalue weighted by molar-refractivity contribution is 5.77. The van der Waals surface area contributed by atoms with Gasteiger partial charge in [0.25, 0.3) is 0 Å². The normalized spacial score (nSPS) is 17.1. The lowest BCUT2D eigenvalue weighted by Gasteiger charge is -2.40. The number of piperazine rings is 1. The first kappa shape index (κ1) is 20.1. The first-order chi connectivity index (χ1) is 14.6. The molecule has 1 aromatic heterocycles. The predicted octanol–water partition coefficient (Wildman–Crippen LogP) is 3.19. The summed E-state index contributed by atoms with van der Waals surface area (Å²) in [5.41, 5.74) is 1.98. The van der Waals surface area contributed by atoms with Gasteiger partial charge in [0, 0.05) is 38.0 Å². The molecule has 2 aromatic carbocycles. The summed E-state index contributed by atoms with van der Waals surface area (Å²) in [5, 5.41) is 4.05. The monoisotopic (exact) mass is 406 g/mol. The van der Waals surface area contributed by atoms with Gasteiger partial charge in [0.2, 0.25) is 17.6 Å². The number of ether oxygens (including phenoxy) is 1. The number of nitrogens with zero attached hydrogens (tertiary/aromatic N) is 4. The van der Waals surface area contributed by atoms with E-state index >= 15 is 0 Å². The molecule has 1 atom stereocenters. The number of methoxy groups -OCH3 is 1. The van der Waals surface area contributed by atoms with Crippen LogP contribution in [0.25, 0.3) is 11.4 Å². The van der Waals surface area contributed by atoms with Crippen molar-refractivity contribution in [3.8, 4) is 17.1 Å². The van der Waals surface area contributed by atoms with Crippen LogP contribution < -0.4 is 4.74 Å². The van der Waals surface area contributed by atoms with Gasteiger partial charge in [-0.1, -0.05) is 47.6 Å². The lowest BCUT2D eigenvalue weighted by atomic mass is 10.0. The zero-order valence-electron chi connectivity index (χ0n) is 17.3. The van der Waals surface area contributed by atoms with Gasteiger partial charge in [0.1, 0.15) is 5.75 Å². The zero-order chi connectivity index (χ0) is 20.9. The van der Waals surface area contributed by atoms with Crippen molar-refractivity contribution in [2.75, 3.05) is 33.8 Å². The van der Waals surface area contributed by atoms with E-state index in [1.807, 2.05) is 47.4 Å². The third kappa shape index (κ3) is 4.52. The molecule has 0 unspecified atom stereocenters. The number of carbonyl (C=O) groups is 1. The maximum Gasteiger partial charge on any atom is 0.227 e. The van der Waals surface area contributed by atoms with E-state index in [2.05, 4.69) is 34.2 Å². The van der Waals surface area contributed by atoms with Crippen molar-refractivity contribution in [2.45, 2.75) is 18.9 Å². The summed E-state index contributed by atoms with van der Waals surface area (Å²) in [6.07, 6.45) is 0.760. The SMILES string of the molecule is COc1cccc(-c2noc(CCC(=O)N3CCN(C)C[C@H]3c3ccccc3)n2)c1. The van der Waals surface area contributed by atoms with Gasteiger partial charge in [-0.2, -0.15) is 4.98 Å². The minimum absolute atomic E-state index is 0.0625.